The van der Waals surface area contributed by atoms with Gasteiger partial charge in [-0.2, -0.15) is 0 Å². The van der Waals surface area contributed by atoms with Crippen LogP contribution in [0.1, 0.15) is 17.4 Å². The van der Waals surface area contributed by atoms with E-state index in [1.807, 2.05) is 23.6 Å². The Morgan fingerprint density at radius 3 is 3.05 bits per heavy atom. The molecule has 2 aromatic rings. The van der Waals surface area contributed by atoms with Gasteiger partial charge in [-0.3, -0.25) is 4.79 Å². The van der Waals surface area contributed by atoms with Gasteiger partial charge in [0, 0.05) is 35.8 Å². The summed E-state index contributed by atoms with van der Waals surface area (Å²) in [6.07, 6.45) is 4.55. The van der Waals surface area contributed by atoms with E-state index in [0.717, 1.165) is 17.8 Å². The largest absolute Gasteiger partial charge is 0.366 e. The van der Waals surface area contributed by atoms with Gasteiger partial charge in [0.1, 0.15) is 0 Å². The molecule has 3 nitrogen and oxygen atoms in total. The third-order valence-corrected chi connectivity index (χ3v) is 4.81. The highest BCUT2D eigenvalue weighted by Crippen LogP contribution is 2.28. The molecule has 1 atom stereocenters. The molecule has 1 unspecified atom stereocenters. The van der Waals surface area contributed by atoms with Crippen molar-refractivity contribution in [3.05, 3.63) is 58.3 Å². The summed E-state index contributed by atoms with van der Waals surface area (Å²) in [5, 5.41) is 4.99. The first-order chi connectivity index (χ1) is 10.7. The van der Waals surface area contributed by atoms with E-state index in [4.69, 9.17) is 0 Å². The van der Waals surface area contributed by atoms with Crippen molar-refractivity contribution in [1.29, 1.82) is 0 Å². The Morgan fingerprint density at radius 2 is 2.23 bits per heavy atom. The molecule has 0 bridgehead atoms. The highest BCUT2D eigenvalue weighted by atomic mass is 32.1. The Labute approximate surface area is 135 Å². The van der Waals surface area contributed by atoms with Crippen LogP contribution in [0.25, 0.3) is 6.08 Å². The van der Waals surface area contributed by atoms with E-state index in [1.54, 1.807) is 17.4 Å². The Hall–Kier alpha value is -2.07. The summed E-state index contributed by atoms with van der Waals surface area (Å²) in [4.78, 5) is 15.4. The SMILES string of the molecule is CC(CNC(=O)C=Cc1cccs1)N1CCc2ccccc21. The lowest BCUT2D eigenvalue weighted by Gasteiger charge is -2.27. The highest BCUT2D eigenvalue weighted by molar-refractivity contribution is 7.10. The van der Waals surface area contributed by atoms with Crippen LogP contribution in [0.5, 0.6) is 0 Å². The van der Waals surface area contributed by atoms with Gasteiger partial charge in [-0.15, -0.1) is 11.3 Å². The van der Waals surface area contributed by atoms with Gasteiger partial charge < -0.3 is 10.2 Å². The fourth-order valence-electron chi connectivity index (χ4n) is 2.78. The molecule has 114 valence electrons. The summed E-state index contributed by atoms with van der Waals surface area (Å²) in [5.41, 5.74) is 2.71. The maximum Gasteiger partial charge on any atom is 0.244 e. The van der Waals surface area contributed by atoms with E-state index in [-0.39, 0.29) is 5.91 Å². The summed E-state index contributed by atoms with van der Waals surface area (Å²) < 4.78 is 0. The van der Waals surface area contributed by atoms with E-state index in [1.165, 1.54) is 11.3 Å². The van der Waals surface area contributed by atoms with Gasteiger partial charge in [-0.25, -0.2) is 0 Å². The molecule has 1 aromatic heterocycles. The van der Waals surface area contributed by atoms with Crippen molar-refractivity contribution in [3.63, 3.8) is 0 Å². The molecule has 0 saturated heterocycles. The van der Waals surface area contributed by atoms with Crippen molar-refractivity contribution in [3.8, 4) is 0 Å². The monoisotopic (exact) mass is 312 g/mol. The number of anilines is 1. The number of fused-ring (bicyclic) bond motifs is 1. The average Bonchev–Trinajstić information content (AvgIpc) is 3.19. The molecule has 0 fully saturated rings. The third-order valence-electron chi connectivity index (χ3n) is 3.97. The summed E-state index contributed by atoms with van der Waals surface area (Å²) >= 11 is 1.63. The van der Waals surface area contributed by atoms with E-state index in [2.05, 4.69) is 41.4 Å². The lowest BCUT2D eigenvalue weighted by molar-refractivity contribution is -0.116. The van der Waals surface area contributed by atoms with Gasteiger partial charge >= 0.3 is 0 Å². The number of benzene rings is 1. The van der Waals surface area contributed by atoms with Crippen molar-refractivity contribution in [2.24, 2.45) is 0 Å². The first-order valence-electron chi connectivity index (χ1n) is 7.58. The van der Waals surface area contributed by atoms with Crippen molar-refractivity contribution >= 4 is 29.0 Å². The van der Waals surface area contributed by atoms with Crippen LogP contribution in [0.15, 0.2) is 47.9 Å². The maximum atomic E-state index is 11.9. The van der Waals surface area contributed by atoms with Gasteiger partial charge in [0.25, 0.3) is 0 Å². The van der Waals surface area contributed by atoms with Crippen LogP contribution >= 0.6 is 11.3 Å². The van der Waals surface area contributed by atoms with Crippen LogP contribution in [0.2, 0.25) is 0 Å². The molecule has 3 rings (SSSR count). The number of rotatable bonds is 5. The molecule has 0 spiro atoms. The van der Waals surface area contributed by atoms with Crippen LogP contribution in [0.3, 0.4) is 0 Å². The quantitative estimate of drug-likeness (QED) is 0.859. The van der Waals surface area contributed by atoms with E-state index in [9.17, 15) is 4.79 Å². The highest BCUT2D eigenvalue weighted by Gasteiger charge is 2.22. The zero-order valence-electron chi connectivity index (χ0n) is 12.7. The number of carbonyl (C=O) groups is 1. The minimum atomic E-state index is -0.0345. The molecule has 0 radical (unpaired) electrons. The molecular weight excluding hydrogens is 292 g/mol. The van der Waals surface area contributed by atoms with Gasteiger partial charge in [-0.05, 0) is 42.5 Å². The molecule has 4 heteroatoms. The van der Waals surface area contributed by atoms with Crippen LogP contribution in [-0.4, -0.2) is 25.0 Å². The zero-order chi connectivity index (χ0) is 15.4. The first-order valence-corrected chi connectivity index (χ1v) is 8.46. The second-order valence-corrected chi connectivity index (χ2v) is 6.49. The Morgan fingerprint density at radius 1 is 1.36 bits per heavy atom. The molecule has 1 amide bonds. The topological polar surface area (TPSA) is 32.3 Å². The molecule has 1 aliphatic heterocycles. The maximum absolute atomic E-state index is 11.9. The number of amides is 1. The number of carbonyl (C=O) groups excluding carboxylic acids is 1. The summed E-state index contributed by atoms with van der Waals surface area (Å²) in [5.74, 6) is -0.0345. The number of nitrogens with zero attached hydrogens (tertiary/aromatic N) is 1. The standard InChI is InChI=1S/C18H20N2OS/c1-14(20-11-10-15-5-2-3-7-17(15)20)13-19-18(21)9-8-16-6-4-12-22-16/h2-9,12,14H,10-11,13H2,1H3,(H,19,21). The zero-order valence-corrected chi connectivity index (χ0v) is 13.5. The molecule has 22 heavy (non-hydrogen) atoms. The van der Waals surface area contributed by atoms with Crippen LogP contribution in [0.4, 0.5) is 5.69 Å². The smallest absolute Gasteiger partial charge is 0.244 e. The van der Waals surface area contributed by atoms with E-state index in [0.29, 0.717) is 12.6 Å². The summed E-state index contributed by atoms with van der Waals surface area (Å²) in [7, 11) is 0. The Bertz CT molecular complexity index is 663. The second-order valence-electron chi connectivity index (χ2n) is 5.52. The average molecular weight is 312 g/mol. The molecule has 1 aliphatic rings. The molecule has 1 N–H and O–H groups in total. The van der Waals surface area contributed by atoms with Gasteiger partial charge in [0.15, 0.2) is 0 Å². The molecule has 2 heterocycles. The Balaban J connectivity index is 1.52. The second kappa shape index (κ2) is 6.79. The molecule has 0 aliphatic carbocycles. The Kier molecular flexibility index (Phi) is 4.59. The fourth-order valence-corrected chi connectivity index (χ4v) is 3.40. The number of para-hydroxylation sites is 1. The third kappa shape index (κ3) is 3.39. The fraction of sp³-hybridized carbons (Fsp3) is 0.278. The number of thiophene rings is 1. The van der Waals surface area contributed by atoms with Crippen LogP contribution in [0, 0.1) is 0 Å². The van der Waals surface area contributed by atoms with E-state index >= 15 is 0 Å². The molecular formula is C18H20N2OS. The van der Waals surface area contributed by atoms with Gasteiger partial charge in [0.2, 0.25) is 5.91 Å². The van der Waals surface area contributed by atoms with Crippen LogP contribution < -0.4 is 10.2 Å². The number of hydrogen-bond donors (Lipinski definition) is 1. The predicted octanol–water partition coefficient (Wildman–Crippen LogP) is 3.33. The summed E-state index contributed by atoms with van der Waals surface area (Å²) in [6, 6.07) is 12.8. The number of hydrogen-bond acceptors (Lipinski definition) is 3. The lowest BCUT2D eigenvalue weighted by Crippen LogP contribution is -2.41. The van der Waals surface area contributed by atoms with Crippen molar-refractivity contribution < 1.29 is 4.79 Å². The molecule has 0 saturated carbocycles. The minimum Gasteiger partial charge on any atom is -0.366 e. The van der Waals surface area contributed by atoms with Crippen molar-refractivity contribution in [2.75, 3.05) is 18.0 Å². The lowest BCUT2D eigenvalue weighted by atomic mass is 10.2. The van der Waals surface area contributed by atoms with Crippen molar-refractivity contribution in [1.82, 2.24) is 5.32 Å². The minimum absolute atomic E-state index is 0.0345. The summed E-state index contributed by atoms with van der Waals surface area (Å²) in [6.45, 7) is 3.84. The van der Waals surface area contributed by atoms with Gasteiger partial charge in [0.05, 0.1) is 0 Å². The van der Waals surface area contributed by atoms with Crippen molar-refractivity contribution in [2.45, 2.75) is 19.4 Å². The number of nitrogens with one attached hydrogen (secondary N) is 1. The molecule has 1 aromatic carbocycles. The predicted molar refractivity (Wildman–Crippen MR) is 93.3 cm³/mol. The first kappa shape index (κ1) is 14.9. The van der Waals surface area contributed by atoms with E-state index < -0.39 is 0 Å². The van der Waals surface area contributed by atoms with Gasteiger partial charge in [-0.1, -0.05) is 24.3 Å². The normalized spacial score (nSPS) is 15.0. The van der Waals surface area contributed by atoms with Crippen LogP contribution in [-0.2, 0) is 11.2 Å².